The van der Waals surface area contributed by atoms with E-state index in [1.54, 1.807) is 17.8 Å². The Kier molecular flexibility index (Phi) is 12.8. The van der Waals surface area contributed by atoms with Gasteiger partial charge in [0.1, 0.15) is 17.3 Å². The summed E-state index contributed by atoms with van der Waals surface area (Å²) in [5, 5.41) is 21.4. The zero-order chi connectivity index (χ0) is 37.8. The van der Waals surface area contributed by atoms with Gasteiger partial charge in [-0.25, -0.2) is 17.9 Å². The molecule has 2 heterocycles. The van der Waals surface area contributed by atoms with Crippen LogP contribution >= 0.6 is 46.3 Å². The van der Waals surface area contributed by atoms with Crippen molar-refractivity contribution >= 4 is 106 Å². The van der Waals surface area contributed by atoms with Crippen molar-refractivity contribution in [2.45, 2.75) is 48.6 Å². The second kappa shape index (κ2) is 16.7. The molecular formula is C33H35Cl2N4O9S4+. The number of halogens is 2. The minimum atomic E-state index is -4.13. The van der Waals surface area contributed by atoms with E-state index >= 15 is 0 Å². The number of hydrogen-bond donors (Lipinski definition) is 4. The highest BCUT2D eigenvalue weighted by Crippen LogP contribution is 2.48. The van der Waals surface area contributed by atoms with Crippen LogP contribution in [0.5, 0.6) is 0 Å². The van der Waals surface area contributed by atoms with E-state index in [1.807, 2.05) is 41.0 Å². The molecule has 4 aromatic rings. The monoisotopic (exact) mass is 829 g/mol. The molecule has 5 rings (SSSR count). The molecule has 1 aliphatic heterocycles. The molecule has 0 saturated carbocycles. The van der Waals surface area contributed by atoms with Crippen LogP contribution in [0.3, 0.4) is 0 Å². The Hall–Kier alpha value is -3.42. The van der Waals surface area contributed by atoms with E-state index in [0.29, 0.717) is 36.0 Å². The van der Waals surface area contributed by atoms with Crippen molar-refractivity contribution in [1.29, 1.82) is 0 Å². The summed E-state index contributed by atoms with van der Waals surface area (Å²) >= 11 is 15.8. The van der Waals surface area contributed by atoms with Gasteiger partial charge in [-0.3, -0.25) is 9.35 Å². The van der Waals surface area contributed by atoms with Crippen LogP contribution in [0.2, 0.25) is 10.0 Å². The normalized spacial score (nSPS) is 14.5. The molecule has 3 aromatic carbocycles. The fraction of sp³-hybridized carbons (Fsp3) is 0.303. The number of aliphatic carboxylic acids is 2. The Balaban J connectivity index is 1.29. The lowest BCUT2D eigenvalue weighted by Crippen LogP contribution is -2.42. The first-order valence-electron chi connectivity index (χ1n) is 15.9. The van der Waals surface area contributed by atoms with Gasteiger partial charge in [-0.2, -0.15) is 13.0 Å². The summed E-state index contributed by atoms with van der Waals surface area (Å²) in [5.74, 6) is -2.83. The third kappa shape index (κ3) is 9.96. The minimum absolute atomic E-state index is 0.0475. The quantitative estimate of drug-likeness (QED) is 0.0570. The van der Waals surface area contributed by atoms with Crippen molar-refractivity contribution in [2.24, 2.45) is 0 Å². The number of unbranched alkanes of at least 4 members (excludes halogenated alkanes) is 1. The van der Waals surface area contributed by atoms with Crippen LogP contribution in [0.1, 0.15) is 31.2 Å². The van der Waals surface area contributed by atoms with Crippen LogP contribution in [0, 0.1) is 0 Å². The smallest absolute Gasteiger partial charge is 0.326 e. The number of rotatable bonds is 17. The van der Waals surface area contributed by atoms with Gasteiger partial charge in [0.15, 0.2) is 6.54 Å². The number of nitrogens with one attached hydrogen (secondary N) is 1. The molecule has 1 atom stereocenters. The van der Waals surface area contributed by atoms with E-state index in [9.17, 15) is 41.2 Å². The largest absolute Gasteiger partial charge is 0.480 e. The summed E-state index contributed by atoms with van der Waals surface area (Å²) in [6.07, 6.45) is 3.30. The molecule has 0 bridgehead atoms. The molecule has 0 saturated heterocycles. The Morgan fingerprint density at radius 1 is 0.981 bits per heavy atom. The first-order chi connectivity index (χ1) is 24.5. The number of hydrogen-bond acceptors (Lipinski definition) is 10. The second-order valence-corrected chi connectivity index (χ2v) is 18.2. The number of aryl methyl sites for hydroxylation is 1. The zero-order valence-corrected chi connectivity index (χ0v) is 32.4. The number of sulfonamides is 1. The number of anilines is 2. The Bertz CT molecular complexity index is 2230. The van der Waals surface area contributed by atoms with Crippen LogP contribution in [0.4, 0.5) is 11.4 Å². The van der Waals surface area contributed by atoms with Crippen molar-refractivity contribution in [3.05, 3.63) is 80.7 Å². The van der Waals surface area contributed by atoms with Crippen LogP contribution < -0.4 is 19.1 Å². The molecule has 0 fully saturated rings. The molecule has 52 heavy (non-hydrogen) atoms. The topological polar surface area (TPSA) is 185 Å². The molecule has 0 amide bonds. The molecule has 1 aliphatic rings. The summed E-state index contributed by atoms with van der Waals surface area (Å²) in [7, 11) is -8.05. The molecular weight excluding hydrogens is 796 g/mol. The number of carboxylic acids is 2. The molecule has 0 spiro atoms. The molecule has 0 radical (unpaired) electrons. The van der Waals surface area contributed by atoms with E-state index in [-0.39, 0.29) is 29.3 Å². The van der Waals surface area contributed by atoms with Crippen LogP contribution in [-0.4, -0.2) is 75.0 Å². The van der Waals surface area contributed by atoms with Crippen molar-refractivity contribution in [3.63, 3.8) is 0 Å². The molecule has 0 aliphatic carbocycles. The predicted octanol–water partition coefficient (Wildman–Crippen LogP) is 5.81. The van der Waals surface area contributed by atoms with Gasteiger partial charge in [0.05, 0.1) is 27.4 Å². The maximum atomic E-state index is 13.1. The van der Waals surface area contributed by atoms with Crippen LogP contribution in [0.25, 0.3) is 16.3 Å². The lowest BCUT2D eigenvalue weighted by atomic mass is 10.2. The standard InChI is InChI=1S/C33H34Cl2N4O9S4/c1-21(33(42)43)39(20-32(40)41)24-7-9-25(10-8-24)52(47,48)36-13-2-3-14-37-26-17-22(34)5-11-28(26)49-30(37)19-31-38(15-4-16-51(44,45)46)27-18-23(35)6-12-29(27)50-31/h5-12,17-19,21,36H,2-4,13-16,20H2,1H3,(H2-,40,41,42,43,44,45,46)/p+1. The van der Waals surface area contributed by atoms with E-state index in [4.69, 9.17) is 23.2 Å². The van der Waals surface area contributed by atoms with Gasteiger partial charge in [-0.15, -0.1) is 0 Å². The van der Waals surface area contributed by atoms with E-state index in [2.05, 4.69) is 9.62 Å². The lowest BCUT2D eigenvalue weighted by molar-refractivity contribution is -0.668. The van der Waals surface area contributed by atoms with Gasteiger partial charge in [0, 0.05) is 46.2 Å². The fourth-order valence-corrected chi connectivity index (χ4v) is 9.75. The number of carboxylic acid groups (broad SMARTS) is 2. The third-order valence-corrected chi connectivity index (χ3v) is 13.1. The summed E-state index contributed by atoms with van der Waals surface area (Å²) in [5.41, 5.74) is 2.00. The van der Waals surface area contributed by atoms with Crippen molar-refractivity contribution in [1.82, 2.24) is 4.72 Å². The first kappa shape index (κ1) is 39.8. The number of nitrogens with zero attached hydrogens (tertiary/aromatic N) is 3. The summed E-state index contributed by atoms with van der Waals surface area (Å²) < 4.78 is 63.8. The first-order valence-corrected chi connectivity index (χ1v) is 21.4. The van der Waals surface area contributed by atoms with Crippen LogP contribution in [-0.2, 0) is 36.3 Å². The number of fused-ring (bicyclic) bond motifs is 2. The van der Waals surface area contributed by atoms with Gasteiger partial charge in [-0.05, 0) is 74.4 Å². The Morgan fingerprint density at radius 2 is 1.67 bits per heavy atom. The molecule has 4 N–H and O–H groups in total. The molecule has 278 valence electrons. The van der Waals surface area contributed by atoms with Crippen LogP contribution in [0.15, 0.2) is 75.5 Å². The highest BCUT2D eigenvalue weighted by atomic mass is 35.5. The SMILES string of the molecule is CC(C(=O)O)N(CC(=O)O)c1ccc(S(=O)(=O)NCCCCN2C(=Cc3sc4ccc(Cl)cc4[n+]3CCCS(=O)(=O)O)Sc3ccc(Cl)cc32)cc1. The highest BCUT2D eigenvalue weighted by Gasteiger charge is 2.29. The summed E-state index contributed by atoms with van der Waals surface area (Å²) in [6, 6.07) is 15.3. The average Bonchev–Trinajstić information content (AvgIpc) is 3.58. The number of thiazole rings is 1. The minimum Gasteiger partial charge on any atom is -0.480 e. The van der Waals surface area contributed by atoms with Gasteiger partial charge in [0.2, 0.25) is 15.5 Å². The molecule has 13 nitrogen and oxygen atoms in total. The molecule has 1 unspecified atom stereocenters. The Labute approximate surface area is 319 Å². The molecule has 1 aromatic heterocycles. The predicted molar refractivity (Wildman–Crippen MR) is 204 cm³/mol. The Morgan fingerprint density at radius 3 is 2.35 bits per heavy atom. The van der Waals surface area contributed by atoms with Gasteiger partial charge < -0.3 is 20.0 Å². The maximum Gasteiger partial charge on any atom is 0.326 e. The number of aromatic nitrogens is 1. The number of thioether (sulfide) groups is 1. The van der Waals surface area contributed by atoms with Crippen molar-refractivity contribution in [3.8, 4) is 0 Å². The van der Waals surface area contributed by atoms with E-state index < -0.39 is 44.7 Å². The van der Waals surface area contributed by atoms with E-state index in [1.165, 1.54) is 42.5 Å². The average molecular weight is 831 g/mol. The third-order valence-electron chi connectivity index (χ3n) is 8.13. The van der Waals surface area contributed by atoms with Gasteiger partial charge in [-0.1, -0.05) is 46.3 Å². The fourth-order valence-electron chi connectivity index (χ4n) is 5.57. The lowest BCUT2D eigenvalue weighted by Gasteiger charge is -2.27. The number of benzene rings is 3. The van der Waals surface area contributed by atoms with Gasteiger partial charge in [0.25, 0.3) is 15.1 Å². The van der Waals surface area contributed by atoms with Gasteiger partial charge >= 0.3 is 11.9 Å². The summed E-state index contributed by atoms with van der Waals surface area (Å²) in [6.45, 7) is 1.77. The van der Waals surface area contributed by atoms with Crippen molar-refractivity contribution in [2.75, 3.05) is 35.2 Å². The van der Waals surface area contributed by atoms with Crippen molar-refractivity contribution < 1.29 is 45.8 Å². The zero-order valence-electron chi connectivity index (χ0n) is 27.6. The molecule has 19 heteroatoms. The number of carbonyl (C=O) groups is 2. The highest BCUT2D eigenvalue weighted by molar-refractivity contribution is 8.04. The summed E-state index contributed by atoms with van der Waals surface area (Å²) in [4.78, 5) is 27.0. The maximum absolute atomic E-state index is 13.1. The van der Waals surface area contributed by atoms with E-state index in [0.717, 1.165) is 35.7 Å². The second-order valence-electron chi connectivity index (χ2n) is 11.8.